The van der Waals surface area contributed by atoms with Gasteiger partial charge in [0.15, 0.2) is 0 Å². The predicted octanol–water partition coefficient (Wildman–Crippen LogP) is 11.8. The number of ketones is 1. The van der Waals surface area contributed by atoms with Gasteiger partial charge in [-0.2, -0.15) is 0 Å². The van der Waals surface area contributed by atoms with Crippen LogP contribution in [0.3, 0.4) is 0 Å². The van der Waals surface area contributed by atoms with Crippen LogP contribution in [0.15, 0.2) is 36.8 Å². The Kier molecular flexibility index (Phi) is 40.1. The van der Waals surface area contributed by atoms with E-state index in [4.69, 9.17) is 19.9 Å². The molecule has 0 aliphatic rings. The minimum Gasteiger partial charge on any atom is -0.465 e. The summed E-state index contributed by atoms with van der Waals surface area (Å²) in [5.41, 5.74) is 6.65. The molecule has 1 heterocycles. The van der Waals surface area contributed by atoms with Crippen LogP contribution in [0.1, 0.15) is 225 Å². The number of allylic oxidation sites excluding steroid dienone is 4. The Bertz CT molecular complexity index is 1330. The molecule has 0 aliphatic carbocycles. The minimum atomic E-state index is -0.777. The van der Waals surface area contributed by atoms with Crippen LogP contribution >= 0.6 is 0 Å². The molecule has 1 aromatic heterocycles. The molecule has 0 bridgehead atoms. The molecular weight excluding hydrogens is 821 g/mol. The van der Waals surface area contributed by atoms with Gasteiger partial charge in [-0.15, -0.1) is 0 Å². The van der Waals surface area contributed by atoms with E-state index in [1.807, 2.05) is 0 Å². The number of H-pyrrole nitrogens is 1. The Morgan fingerprint density at radius 3 is 1.52 bits per heavy atom. The number of carbonyl (C=O) groups excluding carboxylic acids is 5. The van der Waals surface area contributed by atoms with E-state index in [0.717, 1.165) is 63.5 Å². The van der Waals surface area contributed by atoms with Gasteiger partial charge in [0, 0.05) is 43.5 Å². The molecule has 0 saturated carbocycles. The maximum atomic E-state index is 12.8. The van der Waals surface area contributed by atoms with Crippen LogP contribution in [0.2, 0.25) is 0 Å². The fourth-order valence-electron chi connectivity index (χ4n) is 7.48. The number of aromatic amines is 1. The normalized spacial score (nSPS) is 12.4. The van der Waals surface area contributed by atoms with Crippen molar-refractivity contribution in [3.8, 4) is 0 Å². The molecule has 1 aromatic rings. The molecule has 372 valence electrons. The zero-order valence-electron chi connectivity index (χ0n) is 41.1. The third-order valence-corrected chi connectivity index (χ3v) is 11.7. The first-order valence-electron chi connectivity index (χ1n) is 26.0. The molecule has 0 radical (unpaired) electrons. The predicted molar refractivity (Wildman–Crippen MR) is 262 cm³/mol. The molecule has 0 spiro atoms. The standard InChI is InChI=1S/C53H92N4O8/c1-3-5-7-9-11-13-15-17-19-21-23-25-27-29-31-33-48(58)36-35-46(43-64-50(59)34-32-30-28-26-24-22-20-18-16-14-12-10-8-6-4-2)44-65-52(61)38-37-51(60)63-40-39-56-53(62)49(54)41-47-42-55-45-57-47/h17-20,42,45-46,49H,3-16,21-41,43-44,54H2,1-2H3,(H,55,57)(H,56,62)/b19-17-,20-18-/t46-,49?/m1/s1. The number of unbranched alkanes of at least 4 members (excludes halogenated alkanes) is 22. The maximum Gasteiger partial charge on any atom is 0.306 e. The second-order valence-corrected chi connectivity index (χ2v) is 17.9. The highest BCUT2D eigenvalue weighted by molar-refractivity contribution is 5.82. The largest absolute Gasteiger partial charge is 0.465 e. The Hall–Kier alpha value is -3.80. The maximum absolute atomic E-state index is 12.8. The first kappa shape index (κ1) is 59.2. The quantitative estimate of drug-likeness (QED) is 0.0247. The van der Waals surface area contributed by atoms with Crippen molar-refractivity contribution in [1.29, 1.82) is 0 Å². The van der Waals surface area contributed by atoms with E-state index in [-0.39, 0.29) is 62.8 Å². The highest BCUT2D eigenvalue weighted by Gasteiger charge is 2.19. The molecular formula is C53H92N4O8. The number of imidazole rings is 1. The van der Waals surface area contributed by atoms with Crippen LogP contribution in [-0.2, 0) is 44.6 Å². The van der Waals surface area contributed by atoms with E-state index < -0.39 is 18.0 Å². The molecule has 4 N–H and O–H groups in total. The number of rotatable bonds is 46. The lowest BCUT2D eigenvalue weighted by Gasteiger charge is -2.17. The van der Waals surface area contributed by atoms with Crippen molar-refractivity contribution in [2.24, 2.45) is 11.7 Å². The number of nitrogens with one attached hydrogen (secondary N) is 2. The average molecular weight is 913 g/mol. The van der Waals surface area contributed by atoms with Crippen molar-refractivity contribution >= 4 is 29.6 Å². The number of nitrogens with two attached hydrogens (primary N) is 1. The number of hydrogen-bond donors (Lipinski definition) is 3. The third-order valence-electron chi connectivity index (χ3n) is 11.7. The fourth-order valence-corrected chi connectivity index (χ4v) is 7.48. The molecule has 12 nitrogen and oxygen atoms in total. The van der Waals surface area contributed by atoms with Crippen molar-refractivity contribution in [2.75, 3.05) is 26.4 Å². The Balaban J connectivity index is 2.36. The number of hydrogen-bond acceptors (Lipinski definition) is 10. The summed E-state index contributed by atoms with van der Waals surface area (Å²) in [7, 11) is 0. The summed E-state index contributed by atoms with van der Waals surface area (Å²) < 4.78 is 16.3. The van der Waals surface area contributed by atoms with E-state index in [0.29, 0.717) is 32.1 Å². The number of esters is 3. The summed E-state index contributed by atoms with van der Waals surface area (Å²) in [4.78, 5) is 69.3. The number of amides is 1. The van der Waals surface area contributed by atoms with Gasteiger partial charge in [-0.05, 0) is 70.6 Å². The van der Waals surface area contributed by atoms with E-state index in [2.05, 4.69) is 53.4 Å². The topological polar surface area (TPSA) is 180 Å². The summed E-state index contributed by atoms with van der Waals surface area (Å²) in [6.07, 6.45) is 45.0. The van der Waals surface area contributed by atoms with E-state index in [1.54, 1.807) is 6.20 Å². The second-order valence-electron chi connectivity index (χ2n) is 17.9. The van der Waals surface area contributed by atoms with E-state index in [9.17, 15) is 24.0 Å². The van der Waals surface area contributed by atoms with Crippen molar-refractivity contribution in [3.63, 3.8) is 0 Å². The van der Waals surface area contributed by atoms with E-state index >= 15 is 0 Å². The second kappa shape index (κ2) is 44.1. The average Bonchev–Trinajstić information content (AvgIpc) is 3.82. The van der Waals surface area contributed by atoms with Gasteiger partial charge in [0.25, 0.3) is 0 Å². The monoisotopic (exact) mass is 913 g/mol. The van der Waals surface area contributed by atoms with Gasteiger partial charge < -0.3 is 30.2 Å². The van der Waals surface area contributed by atoms with Crippen LogP contribution in [-0.4, -0.2) is 72.0 Å². The van der Waals surface area contributed by atoms with Crippen molar-refractivity contribution < 1.29 is 38.2 Å². The number of nitrogens with zero attached hydrogens (tertiary/aromatic N) is 1. The zero-order chi connectivity index (χ0) is 47.3. The highest BCUT2D eigenvalue weighted by Crippen LogP contribution is 2.16. The first-order valence-corrected chi connectivity index (χ1v) is 26.0. The van der Waals surface area contributed by atoms with Crippen LogP contribution in [0.4, 0.5) is 0 Å². The number of ether oxygens (including phenoxy) is 3. The van der Waals surface area contributed by atoms with Gasteiger partial charge in [-0.1, -0.05) is 141 Å². The van der Waals surface area contributed by atoms with Crippen LogP contribution in [0, 0.1) is 5.92 Å². The molecule has 0 saturated heterocycles. The van der Waals surface area contributed by atoms with Gasteiger partial charge >= 0.3 is 17.9 Å². The van der Waals surface area contributed by atoms with Gasteiger partial charge in [-0.25, -0.2) is 4.98 Å². The van der Waals surface area contributed by atoms with Crippen LogP contribution < -0.4 is 11.1 Å². The Morgan fingerprint density at radius 2 is 1.03 bits per heavy atom. The molecule has 1 rings (SSSR count). The van der Waals surface area contributed by atoms with Crippen molar-refractivity contribution in [2.45, 2.75) is 232 Å². The minimum absolute atomic E-state index is 0.0138. The van der Waals surface area contributed by atoms with Crippen LogP contribution in [0.25, 0.3) is 0 Å². The Labute approximate surface area is 394 Å². The molecule has 0 fully saturated rings. The lowest BCUT2D eigenvalue weighted by molar-refractivity contribution is -0.153. The van der Waals surface area contributed by atoms with Gasteiger partial charge in [0.05, 0.1) is 45.0 Å². The smallest absolute Gasteiger partial charge is 0.306 e. The summed E-state index contributed by atoms with van der Waals surface area (Å²) >= 11 is 0. The molecule has 0 aromatic carbocycles. The molecule has 12 heteroatoms. The van der Waals surface area contributed by atoms with Crippen LogP contribution in [0.5, 0.6) is 0 Å². The SMILES string of the molecule is CCCCCCCC/C=C\CCCCCCCC(=O)CC[C@H](COC(=O)CCCCCCC/C=C\CCCCCCCC)COC(=O)CCC(=O)OCCNC(=O)C(N)Cc1cnc[nH]1. The summed E-state index contributed by atoms with van der Waals surface area (Å²) in [6.45, 7) is 4.57. The first-order chi connectivity index (χ1) is 31.7. The van der Waals surface area contributed by atoms with Gasteiger partial charge in [0.2, 0.25) is 5.91 Å². The summed E-state index contributed by atoms with van der Waals surface area (Å²) in [5, 5.41) is 2.63. The summed E-state index contributed by atoms with van der Waals surface area (Å²) in [6, 6.07) is -0.777. The van der Waals surface area contributed by atoms with E-state index in [1.165, 1.54) is 115 Å². The molecule has 1 amide bonds. The van der Waals surface area contributed by atoms with Crippen molar-refractivity contribution in [3.05, 3.63) is 42.5 Å². The van der Waals surface area contributed by atoms with Crippen molar-refractivity contribution in [1.82, 2.24) is 15.3 Å². The molecule has 0 aliphatic heterocycles. The number of Topliss-reactive ketones (excluding diaryl/α,β-unsaturated/α-hetero) is 1. The number of carbonyl (C=O) groups is 5. The highest BCUT2D eigenvalue weighted by atomic mass is 16.5. The van der Waals surface area contributed by atoms with Gasteiger partial charge in [0.1, 0.15) is 12.4 Å². The molecule has 2 atom stereocenters. The lowest BCUT2D eigenvalue weighted by Crippen LogP contribution is -2.43. The molecule has 1 unspecified atom stereocenters. The number of aromatic nitrogens is 2. The van der Waals surface area contributed by atoms with Gasteiger partial charge in [-0.3, -0.25) is 24.0 Å². The zero-order valence-corrected chi connectivity index (χ0v) is 41.1. The Morgan fingerprint density at radius 1 is 0.585 bits per heavy atom. The fraction of sp³-hybridized carbons (Fsp3) is 0.774. The molecule has 65 heavy (non-hydrogen) atoms. The lowest BCUT2D eigenvalue weighted by atomic mass is 10.00. The summed E-state index contributed by atoms with van der Waals surface area (Å²) in [5.74, 6) is -2.00. The third kappa shape index (κ3) is 39.1.